The van der Waals surface area contributed by atoms with Crippen molar-refractivity contribution in [1.82, 2.24) is 0 Å². The molecule has 0 aromatic heterocycles. The van der Waals surface area contributed by atoms with E-state index in [-0.39, 0.29) is 28.7 Å². The molecule has 0 fully saturated rings. The Kier molecular flexibility index (Phi) is 6.27. The maximum absolute atomic E-state index is 12.4. The highest BCUT2D eigenvalue weighted by atomic mass is 16.6. The molecule has 0 heterocycles. The van der Waals surface area contributed by atoms with Gasteiger partial charge in [-0.1, -0.05) is 12.1 Å². The molecule has 1 N–H and O–H groups in total. The van der Waals surface area contributed by atoms with Crippen molar-refractivity contribution in [3.8, 4) is 11.5 Å². The molecule has 0 aliphatic rings. The molecule has 0 aliphatic carbocycles. The second kappa shape index (κ2) is 8.61. The largest absolute Gasteiger partial charge is 0.493 e. The number of hydrogen-bond donors (Lipinski definition) is 1. The summed E-state index contributed by atoms with van der Waals surface area (Å²) in [5.41, 5.74) is 0.798. The topological polar surface area (TPSA) is 108 Å². The van der Waals surface area contributed by atoms with E-state index in [1.807, 2.05) is 0 Å². The lowest BCUT2D eigenvalue weighted by Gasteiger charge is -2.08. The number of nitrogens with zero attached hydrogens (tertiary/aromatic N) is 1. The lowest BCUT2D eigenvalue weighted by Crippen LogP contribution is -2.06. The van der Waals surface area contributed by atoms with Crippen LogP contribution in [0.3, 0.4) is 0 Å². The number of ether oxygens (including phenoxy) is 2. The number of carbonyl (C=O) groups is 2. The van der Waals surface area contributed by atoms with Gasteiger partial charge in [-0.2, -0.15) is 0 Å². The summed E-state index contributed by atoms with van der Waals surface area (Å²) in [6.45, 7) is 1.37. The number of hydrogen-bond acceptors (Lipinski definition) is 6. The van der Waals surface area contributed by atoms with Crippen LogP contribution in [0.1, 0.15) is 22.8 Å². The van der Waals surface area contributed by atoms with Gasteiger partial charge in [-0.3, -0.25) is 19.7 Å². The van der Waals surface area contributed by atoms with Crippen molar-refractivity contribution in [3.05, 3.63) is 63.7 Å². The number of nitro groups is 1. The molecule has 2 rings (SSSR count). The second-order valence-corrected chi connectivity index (χ2v) is 5.48. The number of benzene rings is 2. The van der Waals surface area contributed by atoms with Gasteiger partial charge in [0.25, 0.3) is 5.69 Å². The molecule has 0 atom stereocenters. The maximum atomic E-state index is 12.4. The zero-order chi connectivity index (χ0) is 20.0. The average molecular weight is 370 g/mol. The van der Waals surface area contributed by atoms with Crippen LogP contribution in [0, 0.1) is 10.1 Å². The first kappa shape index (κ1) is 19.6. The smallest absolute Gasteiger partial charge is 0.280 e. The van der Waals surface area contributed by atoms with Gasteiger partial charge in [0, 0.05) is 18.2 Å². The highest BCUT2D eigenvalue weighted by Gasteiger charge is 2.18. The van der Waals surface area contributed by atoms with E-state index in [4.69, 9.17) is 9.47 Å². The van der Waals surface area contributed by atoms with Crippen LogP contribution in [0.15, 0.2) is 42.5 Å². The Balaban J connectivity index is 2.35. The Hall–Kier alpha value is -3.68. The van der Waals surface area contributed by atoms with Gasteiger partial charge in [0.1, 0.15) is 0 Å². The van der Waals surface area contributed by atoms with Gasteiger partial charge in [0.2, 0.25) is 5.91 Å². The van der Waals surface area contributed by atoms with Crippen molar-refractivity contribution in [3.63, 3.8) is 0 Å². The summed E-state index contributed by atoms with van der Waals surface area (Å²) in [4.78, 5) is 34.2. The fraction of sp³-hybridized carbons (Fsp3) is 0.158. The first-order valence-electron chi connectivity index (χ1n) is 7.86. The Morgan fingerprint density at radius 3 is 2.37 bits per heavy atom. The van der Waals surface area contributed by atoms with Gasteiger partial charge < -0.3 is 14.8 Å². The zero-order valence-corrected chi connectivity index (χ0v) is 15.0. The Morgan fingerprint density at radius 2 is 1.78 bits per heavy atom. The summed E-state index contributed by atoms with van der Waals surface area (Å²) in [5, 5.41) is 13.9. The molecule has 0 radical (unpaired) electrons. The predicted molar refractivity (Wildman–Crippen MR) is 100 cm³/mol. The van der Waals surface area contributed by atoms with E-state index in [9.17, 15) is 19.7 Å². The molecule has 2 aromatic rings. The minimum atomic E-state index is -0.566. The molecule has 140 valence electrons. The SMILES string of the molecule is COc1cc(/C=C/C(=O)c2cccc(NC(C)=O)c2)c([N+](=O)[O-])cc1OC. The van der Waals surface area contributed by atoms with E-state index >= 15 is 0 Å². The van der Waals surface area contributed by atoms with Gasteiger partial charge in [0.15, 0.2) is 17.3 Å². The monoisotopic (exact) mass is 370 g/mol. The number of carbonyl (C=O) groups excluding carboxylic acids is 2. The number of rotatable bonds is 7. The van der Waals surface area contributed by atoms with Crippen LogP contribution in [0.25, 0.3) is 6.08 Å². The summed E-state index contributed by atoms with van der Waals surface area (Å²) < 4.78 is 10.2. The fourth-order valence-electron chi connectivity index (χ4n) is 2.39. The highest BCUT2D eigenvalue weighted by molar-refractivity contribution is 6.08. The van der Waals surface area contributed by atoms with E-state index in [2.05, 4.69) is 5.32 Å². The number of nitro benzene ring substituents is 1. The number of amides is 1. The summed E-state index contributed by atoms with van der Waals surface area (Å²) >= 11 is 0. The van der Waals surface area contributed by atoms with Crippen LogP contribution in [0.2, 0.25) is 0 Å². The number of methoxy groups -OCH3 is 2. The number of anilines is 1. The fourth-order valence-corrected chi connectivity index (χ4v) is 2.39. The van der Waals surface area contributed by atoms with Crippen LogP contribution in [-0.4, -0.2) is 30.8 Å². The van der Waals surface area contributed by atoms with Gasteiger partial charge in [-0.15, -0.1) is 0 Å². The van der Waals surface area contributed by atoms with Crippen molar-refractivity contribution in [2.75, 3.05) is 19.5 Å². The molecule has 0 spiro atoms. The zero-order valence-electron chi connectivity index (χ0n) is 15.0. The van der Waals surface area contributed by atoms with Gasteiger partial charge in [-0.05, 0) is 30.4 Å². The van der Waals surface area contributed by atoms with Crippen LogP contribution in [-0.2, 0) is 4.79 Å². The maximum Gasteiger partial charge on any atom is 0.280 e. The Bertz CT molecular complexity index is 920. The molecule has 0 unspecified atom stereocenters. The molecule has 0 bridgehead atoms. The van der Waals surface area contributed by atoms with Crippen molar-refractivity contribution in [2.45, 2.75) is 6.92 Å². The van der Waals surface area contributed by atoms with E-state index < -0.39 is 4.92 Å². The van der Waals surface area contributed by atoms with Gasteiger partial charge in [0.05, 0.1) is 30.8 Å². The lowest BCUT2D eigenvalue weighted by molar-refractivity contribution is -0.385. The normalized spacial score (nSPS) is 10.5. The first-order chi connectivity index (χ1) is 12.8. The standard InChI is InChI=1S/C19H18N2O6/c1-12(22)20-15-6-4-5-14(9-15)17(23)8-7-13-10-18(26-2)19(27-3)11-16(13)21(24)25/h4-11H,1-3H3,(H,20,22)/b8-7+. The van der Waals surface area contributed by atoms with Crippen LogP contribution < -0.4 is 14.8 Å². The first-order valence-corrected chi connectivity index (χ1v) is 7.86. The van der Waals surface area contributed by atoms with Crippen LogP contribution in [0.4, 0.5) is 11.4 Å². The average Bonchev–Trinajstić information content (AvgIpc) is 2.64. The highest BCUT2D eigenvalue weighted by Crippen LogP contribution is 2.35. The van der Waals surface area contributed by atoms with E-state index in [0.29, 0.717) is 17.0 Å². The molecular weight excluding hydrogens is 352 g/mol. The molecule has 0 saturated carbocycles. The van der Waals surface area contributed by atoms with Crippen molar-refractivity contribution >= 4 is 29.1 Å². The molecule has 0 saturated heterocycles. The minimum Gasteiger partial charge on any atom is -0.493 e. The van der Waals surface area contributed by atoms with Crippen LogP contribution >= 0.6 is 0 Å². The van der Waals surface area contributed by atoms with Gasteiger partial charge >= 0.3 is 0 Å². The number of allylic oxidation sites excluding steroid dienone is 1. The van der Waals surface area contributed by atoms with Crippen molar-refractivity contribution in [2.24, 2.45) is 0 Å². The Morgan fingerprint density at radius 1 is 1.11 bits per heavy atom. The lowest BCUT2D eigenvalue weighted by atomic mass is 10.1. The van der Waals surface area contributed by atoms with Crippen molar-refractivity contribution < 1.29 is 24.0 Å². The van der Waals surface area contributed by atoms with Crippen LogP contribution in [0.5, 0.6) is 11.5 Å². The molecule has 1 amide bonds. The summed E-state index contributed by atoms with van der Waals surface area (Å²) in [5.74, 6) is -0.0964. The van der Waals surface area contributed by atoms with Crippen molar-refractivity contribution in [1.29, 1.82) is 0 Å². The molecule has 0 aliphatic heterocycles. The molecule has 8 nitrogen and oxygen atoms in total. The molecule has 8 heteroatoms. The molecule has 2 aromatic carbocycles. The summed E-state index contributed by atoms with van der Waals surface area (Å²) in [7, 11) is 2.79. The quantitative estimate of drug-likeness (QED) is 0.346. The van der Waals surface area contributed by atoms with E-state index in [1.165, 1.54) is 51.5 Å². The number of ketones is 1. The third-order valence-electron chi connectivity index (χ3n) is 3.61. The summed E-state index contributed by atoms with van der Waals surface area (Å²) in [6, 6.07) is 9.05. The third-order valence-corrected chi connectivity index (χ3v) is 3.61. The molecule has 27 heavy (non-hydrogen) atoms. The second-order valence-electron chi connectivity index (χ2n) is 5.48. The van der Waals surface area contributed by atoms with Gasteiger partial charge in [-0.25, -0.2) is 0 Å². The van der Waals surface area contributed by atoms with E-state index in [1.54, 1.807) is 18.2 Å². The third kappa shape index (κ3) is 4.91. The number of nitrogens with one attached hydrogen (secondary N) is 1. The summed E-state index contributed by atoms with van der Waals surface area (Å²) in [6.07, 6.45) is 2.56. The minimum absolute atomic E-state index is 0.198. The van der Waals surface area contributed by atoms with E-state index in [0.717, 1.165) is 0 Å². The predicted octanol–water partition coefficient (Wildman–Crippen LogP) is 3.47. The Labute approximate surface area is 155 Å². The molecular formula is C19H18N2O6.